The van der Waals surface area contributed by atoms with Crippen LogP contribution in [0.4, 0.5) is 0 Å². The lowest BCUT2D eigenvalue weighted by molar-refractivity contribution is -0.114. The maximum atomic E-state index is 13.8. The Kier molecular flexibility index (Phi) is 5.05. The van der Waals surface area contributed by atoms with Crippen LogP contribution in [0.1, 0.15) is 5.56 Å². The number of hydrogen-bond acceptors (Lipinski definition) is 4. The number of allylic oxidation sites excluding steroid dienone is 5. The molecule has 0 spiro atoms. The summed E-state index contributed by atoms with van der Waals surface area (Å²) >= 11 is 0. The highest BCUT2D eigenvalue weighted by Gasteiger charge is 2.32. The first-order valence-electron chi connectivity index (χ1n) is 14.4. The summed E-state index contributed by atoms with van der Waals surface area (Å²) in [5, 5.41) is 12.4. The van der Waals surface area contributed by atoms with E-state index in [1.807, 2.05) is 54.7 Å². The van der Waals surface area contributed by atoms with Gasteiger partial charge in [0.25, 0.3) is 0 Å². The van der Waals surface area contributed by atoms with E-state index < -0.39 is 6.04 Å². The number of nitrogens with zero attached hydrogens (tertiary/aromatic N) is 2. The number of ketones is 1. The third-order valence-corrected chi connectivity index (χ3v) is 8.46. The molecule has 9 rings (SSSR count). The van der Waals surface area contributed by atoms with Crippen molar-refractivity contribution < 1.29 is 4.79 Å². The molecule has 5 heterocycles. The zero-order valence-electron chi connectivity index (χ0n) is 23.0. The quantitative estimate of drug-likeness (QED) is 0.204. The second-order valence-corrected chi connectivity index (χ2v) is 11.2. The summed E-state index contributed by atoms with van der Waals surface area (Å²) in [4.78, 5) is 27.0. The van der Waals surface area contributed by atoms with Crippen LogP contribution in [-0.2, 0) is 4.79 Å². The highest BCUT2D eigenvalue weighted by Crippen LogP contribution is 2.39. The number of rotatable bonds is 1. The van der Waals surface area contributed by atoms with Gasteiger partial charge in [-0.25, -0.2) is 9.98 Å². The highest BCUT2D eigenvalue weighted by molar-refractivity contribution is 6.22. The van der Waals surface area contributed by atoms with Gasteiger partial charge >= 0.3 is 0 Å². The molecule has 5 nitrogen and oxygen atoms in total. The Morgan fingerprint density at radius 1 is 0.628 bits per heavy atom. The number of carbonyl (C=O) groups excluding carboxylic acids is 1. The van der Waals surface area contributed by atoms with Crippen LogP contribution in [0.25, 0.3) is 50.0 Å². The van der Waals surface area contributed by atoms with Gasteiger partial charge in [-0.05, 0) is 105 Å². The van der Waals surface area contributed by atoms with E-state index in [1.54, 1.807) is 6.08 Å². The van der Waals surface area contributed by atoms with Gasteiger partial charge in [0.15, 0.2) is 5.78 Å². The van der Waals surface area contributed by atoms with Crippen molar-refractivity contribution in [2.45, 2.75) is 6.04 Å². The van der Waals surface area contributed by atoms with Gasteiger partial charge in [0.2, 0.25) is 0 Å². The SMILES string of the molecule is O=C1C=C2C=C3C=CC(=N3)C=c3ccc([nH]3)=CC3=NC(=C(c4cccc5ccc6cc7ccccc7cc6c45)C1N2)C=C3. The minimum Gasteiger partial charge on any atom is -0.371 e. The second-order valence-electron chi connectivity index (χ2n) is 11.2. The summed E-state index contributed by atoms with van der Waals surface area (Å²) in [6, 6.07) is 27.1. The summed E-state index contributed by atoms with van der Waals surface area (Å²) in [5.41, 5.74) is 5.83. The van der Waals surface area contributed by atoms with Gasteiger partial charge in [0.05, 0.1) is 22.8 Å². The molecular formula is C38H24N4O. The Morgan fingerprint density at radius 3 is 2.23 bits per heavy atom. The molecule has 1 unspecified atom stereocenters. The first-order chi connectivity index (χ1) is 21.1. The normalized spacial score (nSPS) is 18.9. The summed E-state index contributed by atoms with van der Waals surface area (Å²) in [6.45, 7) is 0. The van der Waals surface area contributed by atoms with Gasteiger partial charge < -0.3 is 10.3 Å². The number of benzene rings is 4. The standard InChI is InChI=1S/C38H24N4O/c43-35-21-31-20-29-13-12-27(40-29)18-26-10-11-28(39-26)19-30-14-15-34(41-30)37(38(35)42-31)32-7-3-6-22-8-9-25-16-23-4-1-2-5-24(23)17-33(25)36(22)32/h1-21,38-39,42H. The molecule has 5 aromatic rings. The van der Waals surface area contributed by atoms with Gasteiger partial charge in [-0.15, -0.1) is 0 Å². The van der Waals surface area contributed by atoms with Crippen LogP contribution in [0.5, 0.6) is 0 Å². The molecule has 43 heavy (non-hydrogen) atoms. The molecule has 0 aliphatic carbocycles. The lowest BCUT2D eigenvalue weighted by Crippen LogP contribution is -2.30. The number of aromatic amines is 1. The van der Waals surface area contributed by atoms with Gasteiger partial charge in [-0.3, -0.25) is 4.79 Å². The van der Waals surface area contributed by atoms with Gasteiger partial charge in [0.1, 0.15) is 6.04 Å². The largest absolute Gasteiger partial charge is 0.371 e. The molecule has 1 atom stereocenters. The van der Waals surface area contributed by atoms with Crippen LogP contribution in [-0.4, -0.2) is 28.2 Å². The number of hydrogen-bond donors (Lipinski definition) is 2. The maximum absolute atomic E-state index is 13.8. The van der Waals surface area contributed by atoms with Crippen LogP contribution in [0.2, 0.25) is 0 Å². The fraction of sp³-hybridized carbons (Fsp3) is 0.0263. The third kappa shape index (κ3) is 3.97. The van der Waals surface area contributed by atoms with Crippen molar-refractivity contribution in [3.8, 4) is 0 Å². The Hall–Kier alpha value is -5.81. The number of fused-ring (bicyclic) bond motifs is 10. The smallest absolute Gasteiger partial charge is 0.184 e. The van der Waals surface area contributed by atoms with Crippen LogP contribution in [0.3, 0.4) is 0 Å². The van der Waals surface area contributed by atoms with Crippen molar-refractivity contribution in [3.05, 3.63) is 149 Å². The van der Waals surface area contributed by atoms with Gasteiger partial charge in [-0.1, -0.05) is 54.6 Å². The van der Waals surface area contributed by atoms with Crippen molar-refractivity contribution in [3.63, 3.8) is 0 Å². The number of nitrogens with one attached hydrogen (secondary N) is 2. The Labute approximate surface area is 246 Å². The first kappa shape index (κ1) is 23.9. The van der Waals surface area contributed by atoms with Gasteiger partial charge in [0, 0.05) is 28.0 Å². The second kappa shape index (κ2) is 9.10. The molecule has 0 amide bonds. The summed E-state index contributed by atoms with van der Waals surface area (Å²) in [7, 11) is 0. The Morgan fingerprint density at radius 2 is 1.37 bits per heavy atom. The fourth-order valence-corrected chi connectivity index (χ4v) is 6.52. The van der Waals surface area contributed by atoms with E-state index in [-0.39, 0.29) is 5.78 Å². The van der Waals surface area contributed by atoms with Crippen LogP contribution < -0.4 is 16.0 Å². The molecule has 4 aromatic carbocycles. The summed E-state index contributed by atoms with van der Waals surface area (Å²) < 4.78 is 0. The molecular weight excluding hydrogens is 528 g/mol. The number of aromatic nitrogens is 1. The molecule has 1 aromatic heterocycles. The van der Waals surface area contributed by atoms with E-state index in [9.17, 15) is 4.79 Å². The Balaban J connectivity index is 1.33. The number of aliphatic imine (C=N–C) groups is 2. The zero-order chi connectivity index (χ0) is 28.5. The van der Waals surface area contributed by atoms with Crippen LogP contribution >= 0.6 is 0 Å². The topological polar surface area (TPSA) is 69.6 Å². The average Bonchev–Trinajstić information content (AvgIpc) is 3.82. The molecule has 5 heteroatoms. The van der Waals surface area contributed by atoms with Crippen molar-refractivity contribution in [1.82, 2.24) is 10.3 Å². The van der Waals surface area contributed by atoms with Crippen LogP contribution in [0.15, 0.2) is 142 Å². The average molecular weight is 553 g/mol. The third-order valence-electron chi connectivity index (χ3n) is 8.46. The predicted octanol–water partition coefficient (Wildman–Crippen LogP) is 5.79. The van der Waals surface area contributed by atoms with Crippen molar-refractivity contribution in [2.75, 3.05) is 0 Å². The zero-order valence-corrected chi connectivity index (χ0v) is 23.0. The molecule has 0 radical (unpaired) electrons. The van der Waals surface area contributed by atoms with Crippen molar-refractivity contribution in [1.29, 1.82) is 0 Å². The van der Waals surface area contributed by atoms with Crippen molar-refractivity contribution >= 4 is 67.2 Å². The van der Waals surface area contributed by atoms with E-state index in [0.29, 0.717) is 0 Å². The lowest BCUT2D eigenvalue weighted by atomic mass is 9.88. The molecule has 0 fully saturated rings. The molecule has 8 bridgehead atoms. The van der Waals surface area contributed by atoms with Crippen LogP contribution in [0, 0.1) is 0 Å². The van der Waals surface area contributed by atoms with Gasteiger partial charge in [-0.2, -0.15) is 0 Å². The molecule has 4 aliphatic rings. The van der Waals surface area contributed by atoms with E-state index >= 15 is 0 Å². The highest BCUT2D eigenvalue weighted by atomic mass is 16.1. The lowest BCUT2D eigenvalue weighted by Gasteiger charge is -2.20. The molecule has 202 valence electrons. The van der Waals surface area contributed by atoms with E-state index in [4.69, 9.17) is 9.98 Å². The molecule has 4 aliphatic heterocycles. The van der Waals surface area contributed by atoms with E-state index in [2.05, 4.69) is 77.0 Å². The van der Waals surface area contributed by atoms with E-state index in [1.165, 1.54) is 10.8 Å². The fourth-order valence-electron chi connectivity index (χ4n) is 6.52. The minimum atomic E-state index is -0.596. The minimum absolute atomic E-state index is 0.00582. The van der Waals surface area contributed by atoms with E-state index in [0.717, 1.165) is 71.9 Å². The predicted molar refractivity (Wildman–Crippen MR) is 176 cm³/mol. The summed E-state index contributed by atoms with van der Waals surface area (Å²) in [6.07, 6.45) is 15.6. The summed E-state index contributed by atoms with van der Waals surface area (Å²) in [5.74, 6) is -0.00582. The number of carbonyl (C=O) groups is 1. The molecule has 0 saturated heterocycles. The maximum Gasteiger partial charge on any atom is 0.184 e. The number of H-pyrrole nitrogens is 1. The molecule has 2 N–H and O–H groups in total. The molecule has 0 saturated carbocycles. The monoisotopic (exact) mass is 552 g/mol. The first-order valence-corrected chi connectivity index (χ1v) is 14.4. The van der Waals surface area contributed by atoms with Crippen molar-refractivity contribution in [2.24, 2.45) is 9.98 Å². The Bertz CT molecular complexity index is 2440.